The van der Waals surface area contributed by atoms with Crippen molar-refractivity contribution < 1.29 is 14.7 Å². The van der Waals surface area contributed by atoms with Gasteiger partial charge in [0.25, 0.3) is 11.5 Å². The molecule has 2 rings (SSSR count). The van der Waals surface area contributed by atoms with Crippen molar-refractivity contribution >= 4 is 11.9 Å². The van der Waals surface area contributed by atoms with E-state index in [2.05, 4.69) is 9.97 Å². The number of likely N-dealkylation sites (tertiary alicyclic amines) is 1. The minimum Gasteiger partial charge on any atom is -0.481 e. The Kier molecular flexibility index (Phi) is 3.94. The van der Waals surface area contributed by atoms with Gasteiger partial charge in [-0.05, 0) is 18.8 Å². The van der Waals surface area contributed by atoms with Gasteiger partial charge in [0.2, 0.25) is 0 Å². The zero-order valence-corrected chi connectivity index (χ0v) is 10.3. The van der Waals surface area contributed by atoms with Crippen LogP contribution in [0.15, 0.2) is 17.2 Å². The quantitative estimate of drug-likeness (QED) is 0.806. The Balaban J connectivity index is 1.94. The maximum absolute atomic E-state index is 12.1. The smallest absolute Gasteiger partial charge is 0.303 e. The van der Waals surface area contributed by atoms with Gasteiger partial charge in [0.1, 0.15) is 5.69 Å². The number of aromatic nitrogens is 2. The molecule has 1 aliphatic heterocycles. The van der Waals surface area contributed by atoms with Crippen LogP contribution in [0, 0.1) is 5.92 Å². The monoisotopic (exact) mass is 265 g/mol. The van der Waals surface area contributed by atoms with Gasteiger partial charge >= 0.3 is 5.97 Å². The molecule has 0 radical (unpaired) electrons. The van der Waals surface area contributed by atoms with Gasteiger partial charge in [0, 0.05) is 25.7 Å². The van der Waals surface area contributed by atoms with E-state index in [1.54, 1.807) is 4.90 Å². The third-order valence-corrected chi connectivity index (χ3v) is 3.26. The highest BCUT2D eigenvalue weighted by atomic mass is 16.4. The molecule has 1 fully saturated rings. The molecule has 19 heavy (non-hydrogen) atoms. The first-order valence-corrected chi connectivity index (χ1v) is 6.12. The second-order valence-electron chi connectivity index (χ2n) is 4.63. The summed E-state index contributed by atoms with van der Waals surface area (Å²) in [5, 5.41) is 8.72. The van der Waals surface area contributed by atoms with Crippen LogP contribution in [0.25, 0.3) is 0 Å². The van der Waals surface area contributed by atoms with Crippen LogP contribution < -0.4 is 5.56 Å². The highest BCUT2D eigenvalue weighted by Gasteiger charge is 2.25. The number of rotatable bonds is 3. The van der Waals surface area contributed by atoms with Crippen molar-refractivity contribution in [3.63, 3.8) is 0 Å². The summed E-state index contributed by atoms with van der Waals surface area (Å²) < 4.78 is 0. The summed E-state index contributed by atoms with van der Waals surface area (Å²) in [6.07, 6.45) is 3.89. The molecule has 0 aliphatic carbocycles. The van der Waals surface area contributed by atoms with Crippen LogP contribution >= 0.6 is 0 Å². The van der Waals surface area contributed by atoms with E-state index >= 15 is 0 Å². The molecule has 1 amide bonds. The van der Waals surface area contributed by atoms with Crippen LogP contribution in [0.1, 0.15) is 29.8 Å². The first kappa shape index (κ1) is 13.3. The number of carboxylic acids is 1. The molecular weight excluding hydrogens is 250 g/mol. The third kappa shape index (κ3) is 3.40. The van der Waals surface area contributed by atoms with Gasteiger partial charge in [-0.2, -0.15) is 0 Å². The number of aromatic amines is 1. The molecule has 1 aromatic rings. The number of hydrogen-bond donors (Lipinski definition) is 2. The summed E-state index contributed by atoms with van der Waals surface area (Å²) in [6, 6.07) is 0. The Labute approximate surface area is 109 Å². The molecule has 0 bridgehead atoms. The second kappa shape index (κ2) is 5.64. The predicted molar refractivity (Wildman–Crippen MR) is 65.7 cm³/mol. The Hall–Kier alpha value is -2.18. The lowest BCUT2D eigenvalue weighted by molar-refractivity contribution is -0.138. The van der Waals surface area contributed by atoms with Crippen LogP contribution in [0.3, 0.4) is 0 Å². The molecule has 1 saturated heterocycles. The number of nitrogens with zero attached hydrogens (tertiary/aromatic N) is 2. The molecule has 102 valence electrons. The molecule has 1 aromatic heterocycles. The Morgan fingerprint density at radius 3 is 2.63 bits per heavy atom. The number of nitrogens with one attached hydrogen (secondary N) is 1. The topological polar surface area (TPSA) is 103 Å². The zero-order valence-electron chi connectivity index (χ0n) is 10.3. The average molecular weight is 265 g/mol. The number of carbonyl (C=O) groups is 2. The van der Waals surface area contributed by atoms with E-state index in [0.717, 1.165) is 6.20 Å². The van der Waals surface area contributed by atoms with Gasteiger partial charge < -0.3 is 15.0 Å². The molecule has 0 spiro atoms. The lowest BCUT2D eigenvalue weighted by Gasteiger charge is -2.31. The summed E-state index contributed by atoms with van der Waals surface area (Å²) >= 11 is 0. The minimum atomic E-state index is -0.799. The second-order valence-corrected chi connectivity index (χ2v) is 4.63. The van der Waals surface area contributed by atoms with Crippen molar-refractivity contribution in [1.82, 2.24) is 14.9 Å². The molecule has 2 heterocycles. The number of aliphatic carboxylic acids is 1. The van der Waals surface area contributed by atoms with Crippen LogP contribution in [0.5, 0.6) is 0 Å². The normalized spacial score (nSPS) is 16.3. The van der Waals surface area contributed by atoms with Gasteiger partial charge in [-0.3, -0.25) is 14.4 Å². The fourth-order valence-electron chi connectivity index (χ4n) is 2.21. The summed E-state index contributed by atoms with van der Waals surface area (Å²) in [4.78, 5) is 41.4. The van der Waals surface area contributed by atoms with Crippen molar-refractivity contribution in [2.24, 2.45) is 5.92 Å². The summed E-state index contributed by atoms with van der Waals surface area (Å²) in [7, 11) is 0. The SMILES string of the molecule is O=C(O)CC1CCN(C(=O)c2c[nH]c(=O)cn2)CC1. The van der Waals surface area contributed by atoms with Gasteiger partial charge in [-0.15, -0.1) is 0 Å². The number of carbonyl (C=O) groups excluding carboxylic acids is 1. The van der Waals surface area contributed by atoms with E-state index in [9.17, 15) is 14.4 Å². The van der Waals surface area contributed by atoms with Crippen LogP contribution in [0.2, 0.25) is 0 Å². The molecule has 2 N–H and O–H groups in total. The largest absolute Gasteiger partial charge is 0.481 e. The van der Waals surface area contributed by atoms with Crippen LogP contribution in [-0.2, 0) is 4.79 Å². The van der Waals surface area contributed by atoms with E-state index in [0.29, 0.717) is 25.9 Å². The summed E-state index contributed by atoms with van der Waals surface area (Å²) in [5.41, 5.74) is -0.145. The van der Waals surface area contributed by atoms with Gasteiger partial charge in [-0.25, -0.2) is 4.98 Å². The van der Waals surface area contributed by atoms with Crippen molar-refractivity contribution in [2.45, 2.75) is 19.3 Å². The first-order chi connectivity index (χ1) is 9.06. The molecule has 0 aromatic carbocycles. The maximum atomic E-state index is 12.1. The van der Waals surface area contributed by atoms with Crippen LogP contribution in [-0.4, -0.2) is 44.9 Å². The van der Waals surface area contributed by atoms with E-state index in [1.165, 1.54) is 6.20 Å². The molecule has 7 nitrogen and oxygen atoms in total. The van der Waals surface area contributed by atoms with Gasteiger partial charge in [0.05, 0.1) is 6.20 Å². The lowest BCUT2D eigenvalue weighted by atomic mass is 9.93. The minimum absolute atomic E-state index is 0.130. The van der Waals surface area contributed by atoms with Crippen molar-refractivity contribution in [3.8, 4) is 0 Å². The molecular formula is C12H15N3O4. The highest BCUT2D eigenvalue weighted by Crippen LogP contribution is 2.21. The standard InChI is InChI=1S/C12H15N3O4/c16-10-7-13-9(6-14-10)12(19)15-3-1-8(2-4-15)5-11(17)18/h6-8H,1-5H2,(H,14,16)(H,17,18). The number of amides is 1. The fourth-order valence-corrected chi connectivity index (χ4v) is 2.21. The van der Waals surface area contributed by atoms with E-state index in [-0.39, 0.29) is 29.5 Å². The Morgan fingerprint density at radius 2 is 2.11 bits per heavy atom. The van der Waals surface area contributed by atoms with E-state index in [4.69, 9.17) is 5.11 Å². The molecule has 1 aliphatic rings. The van der Waals surface area contributed by atoms with E-state index < -0.39 is 5.97 Å². The fraction of sp³-hybridized carbons (Fsp3) is 0.500. The molecule has 0 saturated carbocycles. The van der Waals surface area contributed by atoms with Crippen LogP contribution in [0.4, 0.5) is 0 Å². The van der Waals surface area contributed by atoms with Gasteiger partial charge in [-0.1, -0.05) is 0 Å². The summed E-state index contributed by atoms with van der Waals surface area (Å²) in [5.74, 6) is -0.901. The number of H-pyrrole nitrogens is 1. The Bertz CT molecular complexity index is 512. The molecule has 0 atom stereocenters. The zero-order chi connectivity index (χ0) is 13.8. The average Bonchev–Trinajstić information content (AvgIpc) is 2.39. The summed E-state index contributed by atoms with van der Waals surface area (Å²) in [6.45, 7) is 1.05. The van der Waals surface area contributed by atoms with Crippen molar-refractivity contribution in [3.05, 3.63) is 28.4 Å². The van der Waals surface area contributed by atoms with E-state index in [1.807, 2.05) is 0 Å². The Morgan fingerprint density at radius 1 is 1.42 bits per heavy atom. The molecule has 0 unspecified atom stereocenters. The highest BCUT2D eigenvalue weighted by molar-refractivity contribution is 5.92. The van der Waals surface area contributed by atoms with Crippen molar-refractivity contribution in [2.75, 3.05) is 13.1 Å². The predicted octanol–water partition coefficient (Wildman–Crippen LogP) is 0.0968. The number of piperidine rings is 1. The number of carboxylic acid groups (broad SMARTS) is 1. The maximum Gasteiger partial charge on any atom is 0.303 e. The lowest BCUT2D eigenvalue weighted by Crippen LogP contribution is -2.39. The van der Waals surface area contributed by atoms with Gasteiger partial charge in [0.15, 0.2) is 0 Å². The first-order valence-electron chi connectivity index (χ1n) is 6.12. The van der Waals surface area contributed by atoms with Crippen molar-refractivity contribution in [1.29, 1.82) is 0 Å². The third-order valence-electron chi connectivity index (χ3n) is 3.26. The molecule has 7 heteroatoms. The number of hydrogen-bond acceptors (Lipinski definition) is 4.